The van der Waals surface area contributed by atoms with Crippen molar-refractivity contribution in [1.82, 2.24) is 5.32 Å². The fraction of sp³-hybridized carbons (Fsp3) is 0.391. The average Bonchev–Trinajstić information content (AvgIpc) is 2.75. The highest BCUT2D eigenvalue weighted by Crippen LogP contribution is 2.27. The number of nitrogens with one attached hydrogen (secondary N) is 1. The van der Waals surface area contributed by atoms with Crippen molar-refractivity contribution in [2.75, 3.05) is 27.4 Å². The molecule has 0 bridgehead atoms. The fourth-order valence-corrected chi connectivity index (χ4v) is 2.70. The van der Waals surface area contributed by atoms with E-state index in [9.17, 15) is 9.59 Å². The minimum atomic E-state index is -0.606. The van der Waals surface area contributed by atoms with Gasteiger partial charge in [0.2, 0.25) is 0 Å². The lowest BCUT2D eigenvalue weighted by molar-refractivity contribution is -0.150. The van der Waals surface area contributed by atoms with E-state index in [1.165, 1.54) is 0 Å². The first-order chi connectivity index (χ1) is 14.3. The van der Waals surface area contributed by atoms with Crippen molar-refractivity contribution in [3.05, 3.63) is 53.1 Å². The molecule has 7 nitrogen and oxygen atoms in total. The average molecular weight is 415 g/mol. The molecular formula is C23H29NO6. The minimum Gasteiger partial charge on any atom is -0.493 e. The molecule has 0 aliphatic rings. The molecule has 30 heavy (non-hydrogen) atoms. The molecule has 0 radical (unpaired) electrons. The van der Waals surface area contributed by atoms with Crippen LogP contribution in [0.2, 0.25) is 0 Å². The second-order valence-electron chi connectivity index (χ2n) is 7.10. The molecule has 1 N–H and O–H groups in total. The molecular weight excluding hydrogens is 386 g/mol. The van der Waals surface area contributed by atoms with Gasteiger partial charge >= 0.3 is 5.97 Å². The summed E-state index contributed by atoms with van der Waals surface area (Å²) >= 11 is 0. The van der Waals surface area contributed by atoms with Gasteiger partial charge in [0.05, 0.1) is 14.2 Å². The third kappa shape index (κ3) is 6.69. The van der Waals surface area contributed by atoms with Gasteiger partial charge in [-0.15, -0.1) is 0 Å². The Kier molecular flexibility index (Phi) is 8.53. The zero-order valence-electron chi connectivity index (χ0n) is 18.1. The SMILES string of the molecule is COc1ccc(CNC(=O)COC(=O)COc2cc(C(C)C)ccc2C)cc1OC. The Hall–Kier alpha value is -3.22. The molecule has 2 rings (SSSR count). The van der Waals surface area contributed by atoms with Crippen molar-refractivity contribution in [3.8, 4) is 17.2 Å². The Labute approximate surface area is 177 Å². The summed E-state index contributed by atoms with van der Waals surface area (Å²) in [6.07, 6.45) is 0. The molecule has 0 saturated heterocycles. The molecule has 0 aromatic heterocycles. The van der Waals surface area contributed by atoms with E-state index in [1.807, 2.05) is 31.2 Å². The zero-order valence-corrected chi connectivity index (χ0v) is 18.1. The van der Waals surface area contributed by atoms with E-state index in [0.29, 0.717) is 23.2 Å². The van der Waals surface area contributed by atoms with Gasteiger partial charge in [-0.1, -0.05) is 32.0 Å². The molecule has 162 valence electrons. The van der Waals surface area contributed by atoms with E-state index in [2.05, 4.69) is 19.2 Å². The molecule has 0 aliphatic heterocycles. The predicted molar refractivity (Wildman–Crippen MR) is 113 cm³/mol. The van der Waals surface area contributed by atoms with Crippen LogP contribution < -0.4 is 19.5 Å². The molecule has 0 heterocycles. The van der Waals surface area contributed by atoms with Crippen molar-refractivity contribution in [3.63, 3.8) is 0 Å². The fourth-order valence-electron chi connectivity index (χ4n) is 2.70. The van der Waals surface area contributed by atoms with Crippen molar-refractivity contribution >= 4 is 11.9 Å². The first kappa shape index (κ1) is 23.1. The Morgan fingerprint density at radius 1 is 0.933 bits per heavy atom. The van der Waals surface area contributed by atoms with Gasteiger partial charge in [-0.2, -0.15) is 0 Å². The molecule has 0 atom stereocenters. The number of esters is 1. The number of amides is 1. The lowest BCUT2D eigenvalue weighted by Crippen LogP contribution is -2.29. The summed E-state index contributed by atoms with van der Waals surface area (Å²) in [6, 6.07) is 11.3. The van der Waals surface area contributed by atoms with E-state index in [1.54, 1.807) is 26.4 Å². The van der Waals surface area contributed by atoms with Gasteiger partial charge in [0, 0.05) is 6.54 Å². The predicted octanol–water partition coefficient (Wildman–Crippen LogP) is 3.37. The summed E-state index contributed by atoms with van der Waals surface area (Å²) in [7, 11) is 3.10. The molecule has 0 aliphatic carbocycles. The summed E-state index contributed by atoms with van der Waals surface area (Å²) < 4.78 is 21.0. The summed E-state index contributed by atoms with van der Waals surface area (Å²) in [6.45, 7) is 5.72. The number of benzene rings is 2. The van der Waals surface area contributed by atoms with Crippen molar-refractivity contribution < 1.29 is 28.5 Å². The van der Waals surface area contributed by atoms with Crippen LogP contribution >= 0.6 is 0 Å². The van der Waals surface area contributed by atoms with E-state index in [0.717, 1.165) is 16.7 Å². The monoisotopic (exact) mass is 415 g/mol. The third-order valence-electron chi connectivity index (χ3n) is 4.53. The van der Waals surface area contributed by atoms with Crippen LogP contribution in [0.5, 0.6) is 17.2 Å². The standard InChI is InChI=1S/C23H29NO6/c1-15(2)18-8-6-16(3)20(11-18)29-14-23(26)30-13-22(25)24-12-17-7-9-19(27-4)21(10-17)28-5/h6-11,15H,12-14H2,1-5H3,(H,24,25). The maximum atomic E-state index is 12.0. The topological polar surface area (TPSA) is 83.1 Å². The van der Waals surface area contributed by atoms with Gasteiger partial charge in [-0.25, -0.2) is 4.79 Å². The largest absolute Gasteiger partial charge is 0.493 e. The van der Waals surface area contributed by atoms with Gasteiger partial charge in [0.25, 0.3) is 5.91 Å². The van der Waals surface area contributed by atoms with Gasteiger partial charge < -0.3 is 24.3 Å². The minimum absolute atomic E-state index is 0.259. The van der Waals surface area contributed by atoms with E-state index >= 15 is 0 Å². The number of hydrogen-bond donors (Lipinski definition) is 1. The molecule has 0 spiro atoms. The zero-order chi connectivity index (χ0) is 22.1. The Balaban J connectivity index is 1.77. The first-order valence-corrected chi connectivity index (χ1v) is 9.70. The second kappa shape index (κ2) is 11.1. The normalized spacial score (nSPS) is 10.5. The summed E-state index contributed by atoms with van der Waals surface area (Å²) in [5.41, 5.74) is 2.88. The lowest BCUT2D eigenvalue weighted by Gasteiger charge is -2.13. The Bertz CT molecular complexity index is 878. The summed E-state index contributed by atoms with van der Waals surface area (Å²) in [5, 5.41) is 2.69. The van der Waals surface area contributed by atoms with Crippen molar-refractivity contribution in [2.24, 2.45) is 0 Å². The first-order valence-electron chi connectivity index (χ1n) is 9.70. The number of ether oxygens (including phenoxy) is 4. The lowest BCUT2D eigenvalue weighted by atomic mass is 10.0. The molecule has 0 saturated carbocycles. The quantitative estimate of drug-likeness (QED) is 0.599. The second-order valence-corrected chi connectivity index (χ2v) is 7.10. The van der Waals surface area contributed by atoms with Gasteiger partial charge in [0.1, 0.15) is 5.75 Å². The summed E-state index contributed by atoms with van der Waals surface area (Å²) in [5.74, 6) is 1.16. The number of methoxy groups -OCH3 is 2. The highest BCUT2D eigenvalue weighted by Gasteiger charge is 2.11. The number of rotatable bonds is 10. The van der Waals surface area contributed by atoms with Gasteiger partial charge in [0.15, 0.2) is 24.7 Å². The van der Waals surface area contributed by atoms with E-state index in [-0.39, 0.29) is 19.8 Å². The molecule has 2 aromatic carbocycles. The van der Waals surface area contributed by atoms with Crippen LogP contribution in [0, 0.1) is 6.92 Å². The smallest absolute Gasteiger partial charge is 0.344 e. The molecule has 1 amide bonds. The van der Waals surface area contributed by atoms with Crippen LogP contribution in [-0.4, -0.2) is 39.3 Å². The van der Waals surface area contributed by atoms with Crippen LogP contribution in [0.4, 0.5) is 0 Å². The molecule has 0 fully saturated rings. The van der Waals surface area contributed by atoms with E-state index < -0.39 is 11.9 Å². The number of carbonyl (C=O) groups excluding carboxylic acids is 2. The van der Waals surface area contributed by atoms with E-state index in [4.69, 9.17) is 18.9 Å². The number of aryl methyl sites for hydroxylation is 1. The summed E-state index contributed by atoms with van der Waals surface area (Å²) in [4.78, 5) is 23.9. The number of carbonyl (C=O) groups is 2. The van der Waals surface area contributed by atoms with Crippen molar-refractivity contribution in [1.29, 1.82) is 0 Å². The highest BCUT2D eigenvalue weighted by molar-refractivity contribution is 5.80. The van der Waals surface area contributed by atoms with Crippen LogP contribution in [0.25, 0.3) is 0 Å². The molecule has 7 heteroatoms. The maximum Gasteiger partial charge on any atom is 0.344 e. The highest BCUT2D eigenvalue weighted by atomic mass is 16.6. The van der Waals surface area contributed by atoms with Crippen LogP contribution in [0.15, 0.2) is 36.4 Å². The molecule has 2 aromatic rings. The number of hydrogen-bond acceptors (Lipinski definition) is 6. The Morgan fingerprint density at radius 2 is 1.67 bits per heavy atom. The van der Waals surface area contributed by atoms with Crippen LogP contribution in [0.1, 0.15) is 36.5 Å². The maximum absolute atomic E-state index is 12.0. The third-order valence-corrected chi connectivity index (χ3v) is 4.53. The van der Waals surface area contributed by atoms with Crippen LogP contribution in [-0.2, 0) is 20.9 Å². The Morgan fingerprint density at radius 3 is 2.33 bits per heavy atom. The molecule has 0 unspecified atom stereocenters. The van der Waals surface area contributed by atoms with Crippen molar-refractivity contribution in [2.45, 2.75) is 33.2 Å². The van der Waals surface area contributed by atoms with Crippen LogP contribution in [0.3, 0.4) is 0 Å². The van der Waals surface area contributed by atoms with Gasteiger partial charge in [-0.05, 0) is 47.7 Å². The van der Waals surface area contributed by atoms with Gasteiger partial charge in [-0.3, -0.25) is 4.79 Å².